The topological polar surface area (TPSA) is 25.2 Å². The van der Waals surface area contributed by atoms with Gasteiger partial charge in [-0.15, -0.1) is 0 Å². The predicted molar refractivity (Wildman–Crippen MR) is 81.3 cm³/mol. The van der Waals surface area contributed by atoms with Crippen LogP contribution in [-0.2, 0) is 0 Å². The molecule has 0 aliphatic heterocycles. The largest absolute Gasteiger partial charge is 0.459 e. The lowest BCUT2D eigenvalue weighted by Crippen LogP contribution is -2.22. The van der Waals surface area contributed by atoms with Gasteiger partial charge < -0.3 is 9.73 Å². The first-order chi connectivity index (χ1) is 9.60. The molecular formula is C17H24FNO. The van der Waals surface area contributed by atoms with E-state index in [1.165, 1.54) is 12.1 Å². The van der Waals surface area contributed by atoms with Crippen molar-refractivity contribution in [3.63, 3.8) is 0 Å². The van der Waals surface area contributed by atoms with Crippen LogP contribution in [0.5, 0.6) is 0 Å². The van der Waals surface area contributed by atoms with Crippen LogP contribution < -0.4 is 5.32 Å². The summed E-state index contributed by atoms with van der Waals surface area (Å²) in [6.07, 6.45) is 3.28. The molecule has 1 N–H and O–H groups in total. The molecule has 1 unspecified atom stereocenters. The Morgan fingerprint density at radius 2 is 2.00 bits per heavy atom. The van der Waals surface area contributed by atoms with Crippen LogP contribution >= 0.6 is 0 Å². The lowest BCUT2D eigenvalue weighted by Gasteiger charge is -2.17. The third-order valence-corrected chi connectivity index (χ3v) is 3.51. The molecule has 0 aliphatic rings. The normalized spacial score (nSPS) is 13.2. The standard InChI is InChI=1S/C17H24FNO/c1-4-9-19-15(7-5-12(2)3)17-11-13-10-14(18)6-8-16(13)20-17/h6,8,10-12,15,19H,4-5,7,9H2,1-3H3. The molecule has 0 saturated carbocycles. The van der Waals surface area contributed by atoms with Gasteiger partial charge in [0.1, 0.15) is 17.2 Å². The zero-order chi connectivity index (χ0) is 14.5. The fourth-order valence-electron chi connectivity index (χ4n) is 2.37. The van der Waals surface area contributed by atoms with Gasteiger partial charge in [-0.25, -0.2) is 4.39 Å². The van der Waals surface area contributed by atoms with E-state index in [1.807, 2.05) is 6.07 Å². The molecule has 1 atom stereocenters. The van der Waals surface area contributed by atoms with Gasteiger partial charge in [0.05, 0.1) is 6.04 Å². The maximum absolute atomic E-state index is 13.2. The highest BCUT2D eigenvalue weighted by atomic mass is 19.1. The maximum Gasteiger partial charge on any atom is 0.134 e. The third-order valence-electron chi connectivity index (χ3n) is 3.51. The average molecular weight is 277 g/mol. The van der Waals surface area contributed by atoms with Gasteiger partial charge >= 0.3 is 0 Å². The summed E-state index contributed by atoms with van der Waals surface area (Å²) in [5, 5.41) is 4.37. The Hall–Kier alpha value is -1.35. The molecule has 3 heteroatoms. The third kappa shape index (κ3) is 3.83. The highest BCUT2D eigenvalue weighted by Gasteiger charge is 2.16. The zero-order valence-electron chi connectivity index (χ0n) is 12.6. The van der Waals surface area contributed by atoms with Crippen LogP contribution in [0.3, 0.4) is 0 Å². The fraction of sp³-hybridized carbons (Fsp3) is 0.529. The van der Waals surface area contributed by atoms with Crippen molar-refractivity contribution in [1.29, 1.82) is 0 Å². The number of benzene rings is 1. The first-order valence-electron chi connectivity index (χ1n) is 7.52. The number of fused-ring (bicyclic) bond motifs is 1. The summed E-state index contributed by atoms with van der Waals surface area (Å²) >= 11 is 0. The van der Waals surface area contributed by atoms with Crippen molar-refractivity contribution in [2.45, 2.75) is 46.1 Å². The second-order valence-corrected chi connectivity index (χ2v) is 5.81. The van der Waals surface area contributed by atoms with E-state index >= 15 is 0 Å². The molecule has 2 rings (SSSR count). The quantitative estimate of drug-likeness (QED) is 0.766. The molecule has 0 radical (unpaired) electrons. The SMILES string of the molecule is CCCNC(CCC(C)C)c1cc2cc(F)ccc2o1. The Balaban J connectivity index is 2.20. The van der Waals surface area contributed by atoms with Crippen LogP contribution in [0, 0.1) is 11.7 Å². The van der Waals surface area contributed by atoms with Crippen molar-refractivity contribution < 1.29 is 8.81 Å². The molecule has 1 aromatic carbocycles. The first kappa shape index (κ1) is 15.0. The molecule has 110 valence electrons. The van der Waals surface area contributed by atoms with Crippen LogP contribution in [0.1, 0.15) is 51.8 Å². The highest BCUT2D eigenvalue weighted by Crippen LogP contribution is 2.28. The van der Waals surface area contributed by atoms with Gasteiger partial charge in [0.2, 0.25) is 0 Å². The smallest absolute Gasteiger partial charge is 0.134 e. The number of hydrogen-bond acceptors (Lipinski definition) is 2. The Kier molecular flexibility index (Phi) is 5.18. The summed E-state index contributed by atoms with van der Waals surface area (Å²) in [6.45, 7) is 7.57. The van der Waals surface area contributed by atoms with Crippen molar-refractivity contribution in [1.82, 2.24) is 5.32 Å². The minimum atomic E-state index is -0.218. The molecule has 0 bridgehead atoms. The lowest BCUT2D eigenvalue weighted by molar-refractivity contribution is 0.382. The zero-order valence-corrected chi connectivity index (χ0v) is 12.6. The summed E-state index contributed by atoms with van der Waals surface area (Å²) < 4.78 is 19.1. The van der Waals surface area contributed by atoms with Crippen LogP contribution in [-0.4, -0.2) is 6.54 Å². The van der Waals surface area contributed by atoms with Gasteiger partial charge in [-0.1, -0.05) is 20.8 Å². The van der Waals surface area contributed by atoms with E-state index in [2.05, 4.69) is 26.1 Å². The second-order valence-electron chi connectivity index (χ2n) is 5.81. The van der Waals surface area contributed by atoms with E-state index < -0.39 is 0 Å². The summed E-state index contributed by atoms with van der Waals surface area (Å²) in [4.78, 5) is 0. The van der Waals surface area contributed by atoms with Crippen LogP contribution in [0.4, 0.5) is 4.39 Å². The van der Waals surface area contributed by atoms with E-state index in [-0.39, 0.29) is 11.9 Å². The fourth-order valence-corrected chi connectivity index (χ4v) is 2.37. The molecule has 0 fully saturated rings. The number of furan rings is 1. The molecule has 2 aromatic rings. The van der Waals surface area contributed by atoms with Gasteiger partial charge in [0.25, 0.3) is 0 Å². The Morgan fingerprint density at radius 1 is 1.20 bits per heavy atom. The molecule has 2 nitrogen and oxygen atoms in total. The van der Waals surface area contributed by atoms with E-state index in [0.29, 0.717) is 5.92 Å². The maximum atomic E-state index is 13.2. The van der Waals surface area contributed by atoms with Crippen molar-refractivity contribution in [2.24, 2.45) is 5.92 Å². The first-order valence-corrected chi connectivity index (χ1v) is 7.52. The highest BCUT2D eigenvalue weighted by molar-refractivity contribution is 5.78. The Morgan fingerprint density at radius 3 is 2.70 bits per heavy atom. The van der Waals surface area contributed by atoms with Crippen LogP contribution in [0.2, 0.25) is 0 Å². The van der Waals surface area contributed by atoms with Gasteiger partial charge in [0.15, 0.2) is 0 Å². The molecular weight excluding hydrogens is 253 g/mol. The predicted octanol–water partition coefficient (Wildman–Crippen LogP) is 5.05. The molecule has 0 spiro atoms. The van der Waals surface area contributed by atoms with E-state index in [4.69, 9.17) is 4.42 Å². The van der Waals surface area contributed by atoms with Crippen molar-refractivity contribution in [3.05, 3.63) is 35.8 Å². The van der Waals surface area contributed by atoms with Gasteiger partial charge in [-0.2, -0.15) is 0 Å². The molecule has 0 amide bonds. The molecule has 0 saturated heterocycles. The lowest BCUT2D eigenvalue weighted by atomic mass is 10.0. The van der Waals surface area contributed by atoms with E-state index in [9.17, 15) is 4.39 Å². The van der Waals surface area contributed by atoms with Gasteiger partial charge in [0, 0.05) is 5.39 Å². The van der Waals surface area contributed by atoms with E-state index in [1.54, 1.807) is 6.07 Å². The summed E-state index contributed by atoms with van der Waals surface area (Å²) in [5.74, 6) is 1.37. The summed E-state index contributed by atoms with van der Waals surface area (Å²) in [7, 11) is 0. The van der Waals surface area contributed by atoms with Crippen molar-refractivity contribution >= 4 is 11.0 Å². The second kappa shape index (κ2) is 6.89. The van der Waals surface area contributed by atoms with Crippen molar-refractivity contribution in [2.75, 3.05) is 6.54 Å². The number of nitrogens with one attached hydrogen (secondary N) is 1. The molecule has 0 aliphatic carbocycles. The van der Waals surface area contributed by atoms with Gasteiger partial charge in [-0.3, -0.25) is 0 Å². The Bertz CT molecular complexity index is 547. The number of hydrogen-bond donors (Lipinski definition) is 1. The number of rotatable bonds is 7. The molecule has 20 heavy (non-hydrogen) atoms. The minimum Gasteiger partial charge on any atom is -0.459 e. The number of halogens is 1. The van der Waals surface area contributed by atoms with Crippen LogP contribution in [0.15, 0.2) is 28.7 Å². The summed E-state index contributed by atoms with van der Waals surface area (Å²) in [6, 6.07) is 6.85. The monoisotopic (exact) mass is 277 g/mol. The molecule has 1 aromatic heterocycles. The Labute approximate surface area is 120 Å². The molecule has 1 heterocycles. The van der Waals surface area contributed by atoms with Gasteiger partial charge in [-0.05, 0) is 56.0 Å². The summed E-state index contributed by atoms with van der Waals surface area (Å²) in [5.41, 5.74) is 0.759. The average Bonchev–Trinajstić information content (AvgIpc) is 2.81. The minimum absolute atomic E-state index is 0.216. The van der Waals surface area contributed by atoms with Crippen LogP contribution in [0.25, 0.3) is 11.0 Å². The van der Waals surface area contributed by atoms with Crippen molar-refractivity contribution in [3.8, 4) is 0 Å². The van der Waals surface area contributed by atoms with E-state index in [0.717, 1.165) is 42.5 Å².